The molecular formula is C31H36N8OS. The number of hydrogen-bond acceptors (Lipinski definition) is 8. The van der Waals surface area contributed by atoms with Crippen LogP contribution in [0.4, 0.5) is 29.0 Å². The lowest BCUT2D eigenvalue weighted by atomic mass is 10.2. The van der Waals surface area contributed by atoms with Gasteiger partial charge in [0, 0.05) is 69.8 Å². The summed E-state index contributed by atoms with van der Waals surface area (Å²) in [4.78, 5) is 19.4. The molecule has 0 spiro atoms. The van der Waals surface area contributed by atoms with Crippen LogP contribution in [-0.4, -0.2) is 67.4 Å². The second-order valence-corrected chi connectivity index (χ2v) is 10.8. The molecule has 4 heterocycles. The quantitative estimate of drug-likeness (QED) is 0.311. The van der Waals surface area contributed by atoms with E-state index < -0.39 is 0 Å². The third-order valence-corrected chi connectivity index (χ3v) is 7.84. The highest BCUT2D eigenvalue weighted by atomic mass is 32.1. The lowest BCUT2D eigenvalue weighted by Gasteiger charge is -2.38. The molecule has 10 heteroatoms. The van der Waals surface area contributed by atoms with Crippen molar-refractivity contribution in [1.29, 1.82) is 0 Å². The first-order valence-electron chi connectivity index (χ1n) is 14.2. The maximum absolute atomic E-state index is 5.66. The van der Waals surface area contributed by atoms with Crippen LogP contribution in [0.2, 0.25) is 0 Å². The third kappa shape index (κ3) is 6.71. The van der Waals surface area contributed by atoms with E-state index in [2.05, 4.69) is 97.0 Å². The van der Waals surface area contributed by atoms with Gasteiger partial charge in [-0.2, -0.15) is 9.97 Å². The van der Waals surface area contributed by atoms with E-state index in [0.717, 1.165) is 75.5 Å². The molecule has 0 atom stereocenters. The number of nitrogens with one attached hydrogen (secondary N) is 2. The van der Waals surface area contributed by atoms with Crippen molar-refractivity contribution in [3.05, 3.63) is 90.4 Å². The monoisotopic (exact) mass is 568 g/mol. The van der Waals surface area contributed by atoms with Crippen molar-refractivity contribution in [2.75, 3.05) is 77.3 Å². The Hall–Kier alpha value is -4.31. The second kappa shape index (κ2) is 12.5. The van der Waals surface area contributed by atoms with E-state index in [9.17, 15) is 0 Å². The van der Waals surface area contributed by atoms with E-state index in [4.69, 9.17) is 26.6 Å². The van der Waals surface area contributed by atoms with Crippen LogP contribution in [-0.2, 0) is 6.54 Å². The highest BCUT2D eigenvalue weighted by Crippen LogP contribution is 2.26. The van der Waals surface area contributed by atoms with Crippen LogP contribution in [0.1, 0.15) is 11.5 Å². The van der Waals surface area contributed by atoms with Crippen LogP contribution in [0.25, 0.3) is 0 Å². The Morgan fingerprint density at radius 1 is 0.707 bits per heavy atom. The zero-order valence-corrected chi connectivity index (χ0v) is 24.2. The van der Waals surface area contributed by atoms with Crippen molar-refractivity contribution in [2.24, 2.45) is 0 Å². The van der Waals surface area contributed by atoms with Crippen molar-refractivity contribution in [2.45, 2.75) is 13.5 Å². The van der Waals surface area contributed by atoms with Gasteiger partial charge in [0.05, 0.1) is 6.54 Å². The number of hydrogen-bond donors (Lipinski definition) is 2. The van der Waals surface area contributed by atoms with Crippen LogP contribution in [0.15, 0.2) is 83.3 Å². The Labute approximate surface area is 246 Å². The molecule has 4 aromatic rings. The van der Waals surface area contributed by atoms with Crippen molar-refractivity contribution in [3.63, 3.8) is 0 Å². The number of benzene rings is 2. The van der Waals surface area contributed by atoms with Gasteiger partial charge in [-0.3, -0.25) is 0 Å². The van der Waals surface area contributed by atoms with Crippen LogP contribution in [0, 0.1) is 6.92 Å². The predicted molar refractivity (Wildman–Crippen MR) is 170 cm³/mol. The lowest BCUT2D eigenvalue weighted by Crippen LogP contribution is -2.48. The average molecular weight is 569 g/mol. The van der Waals surface area contributed by atoms with Crippen LogP contribution >= 0.6 is 12.2 Å². The molecule has 0 bridgehead atoms. The molecule has 0 amide bonds. The molecule has 0 saturated carbocycles. The number of aryl methyl sites for hydroxylation is 1. The molecule has 9 nitrogen and oxygen atoms in total. The topological polar surface area (TPSA) is 75.9 Å². The van der Waals surface area contributed by atoms with E-state index in [1.807, 2.05) is 19.1 Å². The molecule has 0 unspecified atom stereocenters. The number of aromatic nitrogens is 2. The minimum Gasteiger partial charge on any atom is -0.465 e. The van der Waals surface area contributed by atoms with Gasteiger partial charge < -0.3 is 34.7 Å². The Balaban J connectivity index is 1.17. The maximum Gasteiger partial charge on any atom is 0.232 e. The minimum absolute atomic E-state index is 0.463. The van der Waals surface area contributed by atoms with Crippen molar-refractivity contribution < 1.29 is 4.42 Å². The third-order valence-electron chi connectivity index (χ3n) is 7.59. The molecule has 2 saturated heterocycles. The molecule has 2 fully saturated rings. The summed E-state index contributed by atoms with van der Waals surface area (Å²) in [7, 11) is 0. The zero-order valence-electron chi connectivity index (χ0n) is 23.4. The molecule has 2 aromatic carbocycles. The summed E-state index contributed by atoms with van der Waals surface area (Å²) < 4.78 is 5.66. The zero-order chi connectivity index (χ0) is 28.0. The van der Waals surface area contributed by atoms with E-state index in [-0.39, 0.29) is 0 Å². The summed E-state index contributed by atoms with van der Waals surface area (Å²) in [6.45, 7) is 9.69. The number of nitrogens with zero attached hydrogens (tertiary/aromatic N) is 6. The number of rotatable bonds is 7. The first-order valence-corrected chi connectivity index (χ1v) is 14.6. The fraction of sp³-hybridized carbons (Fsp3) is 0.323. The molecule has 2 aliphatic rings. The van der Waals surface area contributed by atoms with Gasteiger partial charge in [0.25, 0.3) is 0 Å². The Bertz CT molecular complexity index is 1350. The SMILES string of the molecule is Cc1ccc(CNC(=S)Nc2nc(N3CCN(c4ccccc4)CC3)cc(N3CCN(c4ccccc4)CC3)n2)o1. The van der Waals surface area contributed by atoms with Crippen LogP contribution in [0.5, 0.6) is 0 Å². The maximum atomic E-state index is 5.66. The van der Waals surface area contributed by atoms with Crippen LogP contribution < -0.4 is 30.2 Å². The van der Waals surface area contributed by atoms with Gasteiger partial charge in [-0.15, -0.1) is 0 Å². The second-order valence-electron chi connectivity index (χ2n) is 10.3. The first kappa shape index (κ1) is 26.9. The number of para-hydroxylation sites is 2. The molecule has 41 heavy (non-hydrogen) atoms. The van der Waals surface area contributed by atoms with Crippen molar-refractivity contribution >= 4 is 46.3 Å². The summed E-state index contributed by atoms with van der Waals surface area (Å²) in [5.74, 6) is 4.04. The summed E-state index contributed by atoms with van der Waals surface area (Å²) in [6.07, 6.45) is 0. The highest BCUT2D eigenvalue weighted by Gasteiger charge is 2.23. The van der Waals surface area contributed by atoms with Gasteiger partial charge in [0.2, 0.25) is 5.95 Å². The van der Waals surface area contributed by atoms with E-state index in [1.54, 1.807) is 0 Å². The van der Waals surface area contributed by atoms with Crippen LogP contribution in [0.3, 0.4) is 0 Å². The smallest absolute Gasteiger partial charge is 0.232 e. The Morgan fingerprint density at radius 3 is 1.66 bits per heavy atom. The van der Waals surface area contributed by atoms with Gasteiger partial charge in [-0.05, 0) is 55.5 Å². The number of anilines is 5. The molecule has 212 valence electrons. The fourth-order valence-electron chi connectivity index (χ4n) is 5.36. The lowest BCUT2D eigenvalue weighted by molar-refractivity contribution is 0.478. The summed E-state index contributed by atoms with van der Waals surface area (Å²) in [5.41, 5.74) is 2.52. The van der Waals surface area contributed by atoms with E-state index in [1.165, 1.54) is 11.4 Å². The molecule has 2 aliphatic heterocycles. The van der Waals surface area contributed by atoms with E-state index >= 15 is 0 Å². The number of thiocarbonyl (C=S) groups is 1. The Morgan fingerprint density at radius 2 is 1.20 bits per heavy atom. The number of piperazine rings is 2. The minimum atomic E-state index is 0.463. The predicted octanol–water partition coefficient (Wildman–Crippen LogP) is 4.52. The first-order chi connectivity index (χ1) is 20.1. The standard InChI is InChI=1S/C31H36N8OS/c1-24-12-13-27(40-24)23-32-31(41)35-30-33-28(38-18-14-36(15-19-38)25-8-4-2-5-9-25)22-29(34-30)39-20-16-37(17-21-39)26-10-6-3-7-11-26/h2-13,22H,14-21,23H2,1H3,(H2,32,33,34,35,41). The van der Waals surface area contributed by atoms with Gasteiger partial charge >= 0.3 is 0 Å². The molecular weight excluding hydrogens is 532 g/mol. The summed E-state index contributed by atoms with van der Waals surface area (Å²) >= 11 is 5.60. The molecule has 0 aliphatic carbocycles. The summed E-state index contributed by atoms with van der Waals surface area (Å²) in [6, 6.07) is 27.2. The average Bonchev–Trinajstić information content (AvgIpc) is 3.46. The van der Waals surface area contributed by atoms with Gasteiger partial charge in [0.1, 0.15) is 23.2 Å². The normalized spacial score (nSPS) is 15.6. The van der Waals surface area contributed by atoms with Gasteiger partial charge in [-0.25, -0.2) is 0 Å². The summed E-state index contributed by atoms with van der Waals surface area (Å²) in [5, 5.41) is 6.91. The Kier molecular flexibility index (Phi) is 8.18. The fourth-order valence-corrected chi connectivity index (χ4v) is 5.52. The van der Waals surface area contributed by atoms with Crippen molar-refractivity contribution in [3.8, 4) is 0 Å². The molecule has 2 aromatic heterocycles. The van der Waals surface area contributed by atoms with E-state index in [0.29, 0.717) is 17.6 Å². The van der Waals surface area contributed by atoms with Gasteiger partial charge in [0.15, 0.2) is 5.11 Å². The molecule has 2 N–H and O–H groups in total. The molecule has 0 radical (unpaired) electrons. The van der Waals surface area contributed by atoms with Gasteiger partial charge in [-0.1, -0.05) is 36.4 Å². The molecule has 6 rings (SSSR count). The number of furan rings is 1. The highest BCUT2D eigenvalue weighted by molar-refractivity contribution is 7.80. The van der Waals surface area contributed by atoms with Crippen molar-refractivity contribution in [1.82, 2.24) is 15.3 Å². The largest absolute Gasteiger partial charge is 0.465 e.